The van der Waals surface area contributed by atoms with Crippen LogP contribution in [0.2, 0.25) is 0 Å². The van der Waals surface area contributed by atoms with Gasteiger partial charge in [-0.1, -0.05) is 37.3 Å². The number of hydrogen-bond acceptors (Lipinski definition) is 2. The third-order valence-corrected chi connectivity index (χ3v) is 3.79. The van der Waals surface area contributed by atoms with Crippen molar-refractivity contribution < 1.29 is 4.79 Å². The van der Waals surface area contributed by atoms with E-state index in [0.29, 0.717) is 0 Å². The Morgan fingerprint density at radius 1 is 1.32 bits per heavy atom. The van der Waals surface area contributed by atoms with Crippen LogP contribution in [0.25, 0.3) is 0 Å². The summed E-state index contributed by atoms with van der Waals surface area (Å²) in [5, 5.41) is 3.27. The summed E-state index contributed by atoms with van der Waals surface area (Å²) in [6, 6.07) is 10.1. The number of nitrogens with one attached hydrogen (secondary N) is 1. The molecule has 2 rings (SSSR count). The predicted molar refractivity (Wildman–Crippen MR) is 78.1 cm³/mol. The number of carbonyl (C=O) groups is 1. The molecule has 0 aromatic heterocycles. The molecule has 19 heavy (non-hydrogen) atoms. The van der Waals surface area contributed by atoms with E-state index in [0.717, 1.165) is 31.4 Å². The maximum absolute atomic E-state index is 12.5. The molecule has 104 valence electrons. The fraction of sp³-hybridized carbons (Fsp3) is 0.562. The van der Waals surface area contributed by atoms with E-state index in [1.807, 2.05) is 30.3 Å². The van der Waals surface area contributed by atoms with Crippen LogP contribution in [0.4, 0.5) is 0 Å². The van der Waals surface area contributed by atoms with Gasteiger partial charge in [0.1, 0.15) is 0 Å². The van der Waals surface area contributed by atoms with Gasteiger partial charge in [-0.2, -0.15) is 0 Å². The highest BCUT2D eigenvalue weighted by Gasteiger charge is 2.45. The van der Waals surface area contributed by atoms with Crippen LogP contribution in [0.1, 0.15) is 37.7 Å². The van der Waals surface area contributed by atoms with Gasteiger partial charge < -0.3 is 10.2 Å². The van der Waals surface area contributed by atoms with E-state index < -0.39 is 0 Å². The molecule has 0 spiro atoms. The zero-order chi connectivity index (χ0) is 13.9. The topological polar surface area (TPSA) is 32.3 Å². The molecule has 3 nitrogen and oxygen atoms in total. The number of hydrogen-bond donors (Lipinski definition) is 1. The lowest BCUT2D eigenvalue weighted by molar-refractivity contribution is -0.123. The van der Waals surface area contributed by atoms with Crippen LogP contribution >= 0.6 is 0 Å². The lowest BCUT2D eigenvalue weighted by Gasteiger charge is -2.24. The van der Waals surface area contributed by atoms with Crippen molar-refractivity contribution in [3.8, 4) is 0 Å². The normalized spacial score (nSPS) is 18.1. The third-order valence-electron chi connectivity index (χ3n) is 3.79. The fourth-order valence-electron chi connectivity index (χ4n) is 2.69. The van der Waals surface area contributed by atoms with E-state index in [4.69, 9.17) is 0 Å². The molecule has 3 heteroatoms. The van der Waals surface area contributed by atoms with Crippen molar-refractivity contribution in [2.24, 2.45) is 0 Å². The third kappa shape index (κ3) is 3.57. The highest BCUT2D eigenvalue weighted by molar-refractivity contribution is 5.84. The smallest absolute Gasteiger partial charge is 0.228 e. The van der Waals surface area contributed by atoms with Crippen LogP contribution < -0.4 is 5.32 Å². The van der Waals surface area contributed by atoms with Crippen molar-refractivity contribution in [3.05, 3.63) is 35.9 Å². The Balaban J connectivity index is 2.02. The van der Waals surface area contributed by atoms with Gasteiger partial charge in [0.2, 0.25) is 5.91 Å². The first-order chi connectivity index (χ1) is 9.06. The minimum atomic E-state index is -0.0270. The molecular formula is C16H24N2O. The summed E-state index contributed by atoms with van der Waals surface area (Å²) < 4.78 is 0. The lowest BCUT2D eigenvalue weighted by atomic mass is 9.95. The molecule has 1 atom stereocenters. The number of nitrogens with zero attached hydrogens (tertiary/aromatic N) is 1. The van der Waals surface area contributed by atoms with Crippen LogP contribution in [-0.2, 0) is 4.79 Å². The first-order valence-electron chi connectivity index (χ1n) is 7.08. The molecule has 0 aliphatic heterocycles. The largest absolute Gasteiger partial charge is 0.349 e. The Kier molecular flexibility index (Phi) is 4.25. The second-order valence-corrected chi connectivity index (χ2v) is 5.88. The molecule has 1 aromatic carbocycles. The quantitative estimate of drug-likeness (QED) is 0.852. The second kappa shape index (κ2) is 5.74. The van der Waals surface area contributed by atoms with E-state index in [1.54, 1.807) is 0 Å². The van der Waals surface area contributed by atoms with E-state index >= 15 is 0 Å². The van der Waals surface area contributed by atoms with Crippen LogP contribution in [-0.4, -0.2) is 37.0 Å². The zero-order valence-corrected chi connectivity index (χ0v) is 12.1. The van der Waals surface area contributed by atoms with Gasteiger partial charge in [0.05, 0.1) is 11.5 Å². The Hall–Kier alpha value is -1.35. The molecule has 0 bridgehead atoms. The van der Waals surface area contributed by atoms with Crippen molar-refractivity contribution in [2.45, 2.75) is 37.6 Å². The maximum atomic E-state index is 12.5. The molecule has 0 unspecified atom stereocenters. The van der Waals surface area contributed by atoms with E-state index in [2.05, 4.69) is 31.2 Å². The molecule has 0 heterocycles. The van der Waals surface area contributed by atoms with Crippen LogP contribution in [0.5, 0.6) is 0 Å². The first kappa shape index (κ1) is 14.1. The van der Waals surface area contributed by atoms with Gasteiger partial charge in [-0.3, -0.25) is 4.79 Å². The van der Waals surface area contributed by atoms with Crippen LogP contribution in [0.15, 0.2) is 30.3 Å². The average Bonchev–Trinajstić information content (AvgIpc) is 3.09. The standard InChI is InChI=1S/C16H24N2O/c1-4-14(13-8-6-5-7-9-13)15(19)17-16(10-11-16)12-18(2)3/h5-9,14H,4,10-12H2,1-3H3,(H,17,19)/t14-/m0/s1. The van der Waals surface area contributed by atoms with Crippen LogP contribution in [0, 0.1) is 0 Å². The van der Waals surface area contributed by atoms with Crippen molar-refractivity contribution in [1.82, 2.24) is 10.2 Å². The van der Waals surface area contributed by atoms with Crippen LogP contribution in [0.3, 0.4) is 0 Å². The van der Waals surface area contributed by atoms with E-state index in [1.165, 1.54) is 0 Å². The van der Waals surface area contributed by atoms with Crippen molar-refractivity contribution in [3.63, 3.8) is 0 Å². The molecule has 1 aliphatic carbocycles. The summed E-state index contributed by atoms with van der Waals surface area (Å²) in [4.78, 5) is 14.6. The van der Waals surface area contributed by atoms with E-state index in [-0.39, 0.29) is 17.4 Å². The monoisotopic (exact) mass is 260 g/mol. The lowest BCUT2D eigenvalue weighted by Crippen LogP contribution is -2.45. The first-order valence-corrected chi connectivity index (χ1v) is 7.08. The van der Waals surface area contributed by atoms with Gasteiger partial charge in [-0.25, -0.2) is 0 Å². The van der Waals surface area contributed by atoms with Gasteiger partial charge in [-0.05, 0) is 38.9 Å². The molecule has 0 radical (unpaired) electrons. The molecule has 1 fully saturated rings. The summed E-state index contributed by atoms with van der Waals surface area (Å²) in [5.41, 5.74) is 1.14. The summed E-state index contributed by atoms with van der Waals surface area (Å²) in [6.45, 7) is 3.01. The molecular weight excluding hydrogens is 236 g/mol. The SMILES string of the molecule is CC[C@H](C(=O)NC1(CN(C)C)CC1)c1ccccc1. The van der Waals surface area contributed by atoms with Gasteiger partial charge in [0, 0.05) is 6.54 Å². The molecule has 1 saturated carbocycles. The van der Waals surface area contributed by atoms with Gasteiger partial charge in [-0.15, -0.1) is 0 Å². The maximum Gasteiger partial charge on any atom is 0.228 e. The number of carbonyl (C=O) groups excluding carboxylic acids is 1. The van der Waals surface area contributed by atoms with Crippen molar-refractivity contribution in [1.29, 1.82) is 0 Å². The minimum absolute atomic E-state index is 0.0270. The van der Waals surface area contributed by atoms with E-state index in [9.17, 15) is 4.79 Å². The average molecular weight is 260 g/mol. The Morgan fingerprint density at radius 3 is 2.42 bits per heavy atom. The molecule has 1 amide bonds. The number of benzene rings is 1. The second-order valence-electron chi connectivity index (χ2n) is 5.88. The molecule has 0 saturated heterocycles. The number of amides is 1. The fourth-order valence-corrected chi connectivity index (χ4v) is 2.69. The minimum Gasteiger partial charge on any atom is -0.349 e. The summed E-state index contributed by atoms with van der Waals surface area (Å²) in [6.07, 6.45) is 3.04. The highest BCUT2D eigenvalue weighted by Crippen LogP contribution is 2.36. The van der Waals surface area contributed by atoms with Gasteiger partial charge in [0.25, 0.3) is 0 Å². The Labute approximate surface area is 116 Å². The predicted octanol–water partition coefficient (Wildman–Crippen LogP) is 2.39. The Bertz CT molecular complexity index is 424. The number of rotatable bonds is 6. The summed E-state index contributed by atoms with van der Waals surface area (Å²) in [5.74, 6) is 0.147. The summed E-state index contributed by atoms with van der Waals surface area (Å²) >= 11 is 0. The Morgan fingerprint density at radius 2 is 1.95 bits per heavy atom. The van der Waals surface area contributed by atoms with Gasteiger partial charge >= 0.3 is 0 Å². The van der Waals surface area contributed by atoms with Crippen molar-refractivity contribution >= 4 is 5.91 Å². The molecule has 1 N–H and O–H groups in total. The number of likely N-dealkylation sites (N-methyl/N-ethyl adjacent to an activating group) is 1. The zero-order valence-electron chi connectivity index (χ0n) is 12.1. The summed E-state index contributed by atoms with van der Waals surface area (Å²) in [7, 11) is 4.11. The highest BCUT2D eigenvalue weighted by atomic mass is 16.2. The van der Waals surface area contributed by atoms with Gasteiger partial charge in [0.15, 0.2) is 0 Å². The van der Waals surface area contributed by atoms with Crippen molar-refractivity contribution in [2.75, 3.05) is 20.6 Å². The molecule has 1 aliphatic rings. The molecule has 1 aromatic rings.